The topological polar surface area (TPSA) is 55.2 Å². The van der Waals surface area contributed by atoms with Gasteiger partial charge in [0.15, 0.2) is 0 Å². The Kier molecular flexibility index (Phi) is 3.48. The summed E-state index contributed by atoms with van der Waals surface area (Å²) in [5.41, 5.74) is 0.436. The lowest BCUT2D eigenvalue weighted by molar-refractivity contribution is -0.384. The first kappa shape index (κ1) is 10.5. The highest BCUT2D eigenvalue weighted by atomic mass is 79.9. The summed E-state index contributed by atoms with van der Waals surface area (Å²) in [6, 6.07) is 4.65. The molecule has 0 aliphatic carbocycles. The second-order valence-corrected chi connectivity index (χ2v) is 3.39. The van der Waals surface area contributed by atoms with Crippen LogP contribution in [0.2, 0.25) is 0 Å². The zero-order valence-electron chi connectivity index (χ0n) is 7.16. The van der Waals surface area contributed by atoms with Gasteiger partial charge in [-0.15, -0.1) is 6.42 Å². The number of nitro groups is 1. The van der Waals surface area contributed by atoms with E-state index < -0.39 is 4.92 Å². The van der Waals surface area contributed by atoms with E-state index in [0.717, 1.165) is 4.47 Å². The molecule has 0 bridgehead atoms. The van der Waals surface area contributed by atoms with Crippen molar-refractivity contribution < 1.29 is 4.92 Å². The molecule has 4 nitrogen and oxygen atoms in total. The van der Waals surface area contributed by atoms with E-state index in [1.54, 1.807) is 12.1 Å². The maximum atomic E-state index is 10.6. The maximum Gasteiger partial charge on any atom is 0.292 e. The molecule has 14 heavy (non-hydrogen) atoms. The van der Waals surface area contributed by atoms with Crippen LogP contribution in [0.4, 0.5) is 11.4 Å². The molecule has 0 radical (unpaired) electrons. The smallest absolute Gasteiger partial charge is 0.292 e. The van der Waals surface area contributed by atoms with E-state index in [4.69, 9.17) is 6.42 Å². The van der Waals surface area contributed by atoms with Gasteiger partial charge >= 0.3 is 0 Å². The molecule has 0 amide bonds. The highest BCUT2D eigenvalue weighted by Crippen LogP contribution is 2.27. The van der Waals surface area contributed by atoms with Crippen molar-refractivity contribution in [3.8, 4) is 12.3 Å². The minimum Gasteiger partial charge on any atom is -0.369 e. The van der Waals surface area contributed by atoms with Crippen molar-refractivity contribution in [3.63, 3.8) is 0 Å². The van der Waals surface area contributed by atoms with Crippen LogP contribution in [0.15, 0.2) is 22.7 Å². The third-order valence-corrected chi connectivity index (χ3v) is 2.03. The minimum atomic E-state index is -0.453. The summed E-state index contributed by atoms with van der Waals surface area (Å²) in [7, 11) is 0. The molecule has 0 aliphatic heterocycles. The van der Waals surface area contributed by atoms with Gasteiger partial charge < -0.3 is 5.32 Å². The molecular formula is C9H7BrN2O2. The summed E-state index contributed by atoms with van der Waals surface area (Å²) >= 11 is 3.22. The average molecular weight is 255 g/mol. The molecule has 0 saturated heterocycles. The van der Waals surface area contributed by atoms with E-state index in [9.17, 15) is 10.1 Å². The molecule has 1 N–H and O–H groups in total. The number of terminal acetylenes is 1. The van der Waals surface area contributed by atoms with Gasteiger partial charge in [0.1, 0.15) is 5.69 Å². The van der Waals surface area contributed by atoms with Crippen LogP contribution in [0.25, 0.3) is 0 Å². The Balaban J connectivity index is 3.04. The average Bonchev–Trinajstić information content (AvgIpc) is 2.14. The zero-order valence-corrected chi connectivity index (χ0v) is 8.74. The van der Waals surface area contributed by atoms with Gasteiger partial charge in [-0.1, -0.05) is 21.9 Å². The Hall–Kier alpha value is -1.54. The van der Waals surface area contributed by atoms with E-state index in [2.05, 4.69) is 27.2 Å². The standard InChI is InChI=1S/C9H7BrN2O2/c1-2-5-11-8-6-7(10)3-4-9(8)12(13)14/h1,3-4,6,11H,5H2. The highest BCUT2D eigenvalue weighted by molar-refractivity contribution is 9.10. The van der Waals surface area contributed by atoms with Crippen LogP contribution < -0.4 is 5.32 Å². The molecule has 0 spiro atoms. The van der Waals surface area contributed by atoms with Gasteiger partial charge in [-0.25, -0.2) is 0 Å². The van der Waals surface area contributed by atoms with Crippen LogP contribution in [-0.4, -0.2) is 11.5 Å². The van der Waals surface area contributed by atoms with E-state index in [1.165, 1.54) is 6.07 Å². The zero-order chi connectivity index (χ0) is 10.6. The predicted octanol–water partition coefficient (Wildman–Crippen LogP) is 2.40. The first-order chi connectivity index (χ1) is 6.65. The lowest BCUT2D eigenvalue weighted by atomic mass is 10.2. The van der Waals surface area contributed by atoms with Crippen LogP contribution in [0.5, 0.6) is 0 Å². The predicted molar refractivity (Wildman–Crippen MR) is 58.1 cm³/mol. The molecule has 0 atom stereocenters. The number of nitrogens with one attached hydrogen (secondary N) is 1. The highest BCUT2D eigenvalue weighted by Gasteiger charge is 2.12. The normalized spacial score (nSPS) is 9.14. The molecule has 0 fully saturated rings. The van der Waals surface area contributed by atoms with Gasteiger partial charge in [0, 0.05) is 10.5 Å². The van der Waals surface area contributed by atoms with Crippen molar-refractivity contribution in [3.05, 3.63) is 32.8 Å². The number of nitrogens with zero attached hydrogens (tertiary/aromatic N) is 1. The largest absolute Gasteiger partial charge is 0.369 e. The third-order valence-electron chi connectivity index (χ3n) is 1.54. The molecular weight excluding hydrogens is 248 g/mol. The third kappa shape index (κ3) is 2.47. The molecule has 1 rings (SSSR count). The molecule has 0 unspecified atom stereocenters. The first-order valence-corrected chi connectivity index (χ1v) is 4.55. The number of benzene rings is 1. The summed E-state index contributed by atoms with van der Waals surface area (Å²) in [4.78, 5) is 10.1. The summed E-state index contributed by atoms with van der Waals surface area (Å²) in [6.07, 6.45) is 5.05. The molecule has 0 aliphatic rings. The molecule has 1 aromatic carbocycles. The summed E-state index contributed by atoms with van der Waals surface area (Å²) in [5.74, 6) is 2.35. The van der Waals surface area contributed by atoms with Crippen molar-refractivity contribution >= 4 is 27.3 Å². The fourth-order valence-electron chi connectivity index (χ4n) is 0.955. The van der Waals surface area contributed by atoms with Crippen molar-refractivity contribution in [1.82, 2.24) is 0 Å². The van der Waals surface area contributed by atoms with Crippen molar-refractivity contribution in [2.24, 2.45) is 0 Å². The molecule has 0 heterocycles. The number of hydrogen-bond acceptors (Lipinski definition) is 3. The minimum absolute atomic E-state index is 0.0171. The van der Waals surface area contributed by atoms with Crippen molar-refractivity contribution in [1.29, 1.82) is 0 Å². The molecule has 0 aromatic heterocycles. The Morgan fingerprint density at radius 2 is 2.36 bits per heavy atom. The van der Waals surface area contributed by atoms with Gasteiger partial charge in [-0.05, 0) is 12.1 Å². The first-order valence-electron chi connectivity index (χ1n) is 3.76. The van der Waals surface area contributed by atoms with Crippen LogP contribution >= 0.6 is 15.9 Å². The second-order valence-electron chi connectivity index (χ2n) is 2.48. The Bertz CT molecular complexity index is 398. The second kappa shape index (κ2) is 4.63. The van der Waals surface area contributed by atoms with Crippen molar-refractivity contribution in [2.45, 2.75) is 0 Å². The number of rotatable bonds is 3. The summed E-state index contributed by atoms with van der Waals surface area (Å²) in [5, 5.41) is 13.4. The Morgan fingerprint density at radius 3 is 2.93 bits per heavy atom. The quantitative estimate of drug-likeness (QED) is 0.512. The van der Waals surface area contributed by atoms with E-state index in [-0.39, 0.29) is 12.2 Å². The number of halogens is 1. The molecule has 1 aromatic rings. The van der Waals surface area contributed by atoms with E-state index >= 15 is 0 Å². The number of hydrogen-bond donors (Lipinski definition) is 1. The van der Waals surface area contributed by atoms with Gasteiger partial charge in [-0.3, -0.25) is 10.1 Å². The fraction of sp³-hybridized carbons (Fsp3) is 0.111. The molecule has 5 heteroatoms. The fourth-order valence-corrected chi connectivity index (χ4v) is 1.32. The molecule has 0 saturated carbocycles. The summed E-state index contributed by atoms with van der Waals surface area (Å²) in [6.45, 7) is 0.261. The number of anilines is 1. The number of nitro benzene ring substituents is 1. The Morgan fingerprint density at radius 1 is 1.64 bits per heavy atom. The lowest BCUT2D eigenvalue weighted by Crippen LogP contribution is -2.02. The van der Waals surface area contributed by atoms with Gasteiger partial charge in [0.2, 0.25) is 0 Å². The monoisotopic (exact) mass is 254 g/mol. The van der Waals surface area contributed by atoms with Gasteiger partial charge in [0.25, 0.3) is 5.69 Å². The van der Waals surface area contributed by atoms with Gasteiger partial charge in [0.05, 0.1) is 11.5 Å². The van der Waals surface area contributed by atoms with Crippen LogP contribution in [-0.2, 0) is 0 Å². The molecule has 72 valence electrons. The van der Waals surface area contributed by atoms with E-state index in [0.29, 0.717) is 5.69 Å². The van der Waals surface area contributed by atoms with Crippen LogP contribution in [0.3, 0.4) is 0 Å². The SMILES string of the molecule is C#CCNc1cc(Br)ccc1[N+](=O)[O-]. The van der Waals surface area contributed by atoms with Crippen LogP contribution in [0.1, 0.15) is 0 Å². The maximum absolute atomic E-state index is 10.6. The van der Waals surface area contributed by atoms with Gasteiger partial charge in [-0.2, -0.15) is 0 Å². The van der Waals surface area contributed by atoms with E-state index in [1.807, 2.05) is 0 Å². The van der Waals surface area contributed by atoms with Crippen molar-refractivity contribution in [2.75, 3.05) is 11.9 Å². The van der Waals surface area contributed by atoms with Crippen LogP contribution in [0, 0.1) is 22.5 Å². The lowest BCUT2D eigenvalue weighted by Gasteiger charge is -2.03. The summed E-state index contributed by atoms with van der Waals surface area (Å²) < 4.78 is 0.766. The Labute approximate surface area is 89.6 Å².